The topological polar surface area (TPSA) is 120 Å². The second-order valence-corrected chi connectivity index (χ2v) is 4.37. The van der Waals surface area contributed by atoms with Crippen molar-refractivity contribution in [2.24, 2.45) is 5.10 Å². The average Bonchev–Trinajstić information content (AvgIpc) is 2.55. The Bertz CT molecular complexity index is 776. The molecule has 0 fully saturated rings. The zero-order chi connectivity index (χ0) is 16.8. The van der Waals surface area contributed by atoms with E-state index in [1.54, 1.807) is 12.1 Å². The van der Waals surface area contributed by atoms with Crippen LogP contribution < -0.4 is 10.2 Å². The monoisotopic (exact) mass is 316 g/mol. The first-order valence-electron chi connectivity index (χ1n) is 6.37. The van der Waals surface area contributed by atoms with Gasteiger partial charge in [-0.05, 0) is 18.2 Å². The highest BCUT2D eigenvalue weighted by atomic mass is 16.6. The number of ether oxygens (including phenoxy) is 1. The van der Waals surface area contributed by atoms with E-state index < -0.39 is 9.85 Å². The molecule has 0 heterocycles. The lowest BCUT2D eigenvalue weighted by molar-refractivity contribution is -0.385. The molecule has 9 heteroatoms. The van der Waals surface area contributed by atoms with Crippen molar-refractivity contribution in [1.82, 2.24) is 0 Å². The Balaban J connectivity index is 2.14. The highest BCUT2D eigenvalue weighted by molar-refractivity contribution is 5.82. The van der Waals surface area contributed by atoms with Crippen LogP contribution in [0, 0.1) is 20.2 Å². The number of nitrogens with zero attached hydrogens (tertiary/aromatic N) is 3. The predicted octanol–water partition coefficient (Wildman–Crippen LogP) is 2.96. The summed E-state index contributed by atoms with van der Waals surface area (Å²) in [6, 6.07) is 10.2. The Morgan fingerprint density at radius 2 is 1.91 bits per heavy atom. The van der Waals surface area contributed by atoms with Crippen LogP contribution in [0.1, 0.15) is 5.56 Å². The highest BCUT2D eigenvalue weighted by Crippen LogP contribution is 2.26. The molecule has 0 saturated heterocycles. The maximum atomic E-state index is 10.9. The average molecular weight is 316 g/mol. The Hall–Kier alpha value is -3.49. The lowest BCUT2D eigenvalue weighted by atomic mass is 10.2. The zero-order valence-corrected chi connectivity index (χ0v) is 12.0. The summed E-state index contributed by atoms with van der Waals surface area (Å²) in [5.74, 6) is 0.152. The van der Waals surface area contributed by atoms with Crippen LogP contribution in [0.15, 0.2) is 47.6 Å². The summed E-state index contributed by atoms with van der Waals surface area (Å²) in [6.07, 6.45) is 1.37. The van der Waals surface area contributed by atoms with Gasteiger partial charge in [0.15, 0.2) is 5.75 Å². The third kappa shape index (κ3) is 4.00. The number of nitro benzene ring substituents is 2. The standard InChI is InChI=1S/C14H12N4O5/c1-23-14-6-5-10(7-13(14)18(21)22)9-15-16-11-3-2-4-12(8-11)17(19)20/h2-9,16H,1H3. The molecule has 0 aliphatic heterocycles. The third-order valence-corrected chi connectivity index (χ3v) is 2.86. The van der Waals surface area contributed by atoms with E-state index in [1.807, 2.05) is 0 Å². The van der Waals surface area contributed by atoms with Gasteiger partial charge in [0, 0.05) is 23.8 Å². The number of nitro groups is 2. The predicted molar refractivity (Wildman–Crippen MR) is 84.0 cm³/mol. The molecule has 0 bridgehead atoms. The molecule has 2 aromatic rings. The maximum Gasteiger partial charge on any atom is 0.311 e. The van der Waals surface area contributed by atoms with E-state index in [4.69, 9.17) is 4.74 Å². The fraction of sp³-hybridized carbons (Fsp3) is 0.0714. The van der Waals surface area contributed by atoms with Crippen LogP contribution in [-0.2, 0) is 0 Å². The van der Waals surface area contributed by atoms with Crippen LogP contribution in [0.3, 0.4) is 0 Å². The summed E-state index contributed by atoms with van der Waals surface area (Å²) in [7, 11) is 1.35. The van der Waals surface area contributed by atoms with Crippen molar-refractivity contribution in [3.05, 3.63) is 68.3 Å². The summed E-state index contributed by atoms with van der Waals surface area (Å²) in [6.45, 7) is 0. The minimum atomic E-state index is -0.551. The van der Waals surface area contributed by atoms with Crippen molar-refractivity contribution in [3.63, 3.8) is 0 Å². The molecule has 0 unspecified atom stereocenters. The van der Waals surface area contributed by atoms with Crippen molar-refractivity contribution >= 4 is 23.3 Å². The number of hydrazone groups is 1. The van der Waals surface area contributed by atoms with Gasteiger partial charge >= 0.3 is 5.69 Å². The number of nitrogens with one attached hydrogen (secondary N) is 1. The molecule has 0 atom stereocenters. The number of non-ortho nitro benzene ring substituents is 1. The van der Waals surface area contributed by atoms with Crippen molar-refractivity contribution in [2.45, 2.75) is 0 Å². The molecule has 2 rings (SSSR count). The molecule has 0 aliphatic carbocycles. The molecule has 118 valence electrons. The van der Waals surface area contributed by atoms with E-state index in [1.165, 1.54) is 43.7 Å². The van der Waals surface area contributed by atoms with E-state index in [-0.39, 0.29) is 17.1 Å². The van der Waals surface area contributed by atoms with Gasteiger partial charge in [-0.15, -0.1) is 0 Å². The van der Waals surface area contributed by atoms with E-state index in [0.717, 1.165) is 0 Å². The van der Waals surface area contributed by atoms with Crippen molar-refractivity contribution in [1.29, 1.82) is 0 Å². The highest BCUT2D eigenvalue weighted by Gasteiger charge is 2.14. The Morgan fingerprint density at radius 3 is 2.57 bits per heavy atom. The molecule has 0 aliphatic rings. The van der Waals surface area contributed by atoms with Crippen molar-refractivity contribution in [3.8, 4) is 5.75 Å². The summed E-state index contributed by atoms with van der Waals surface area (Å²) >= 11 is 0. The van der Waals surface area contributed by atoms with Gasteiger partial charge in [0.05, 0.1) is 28.9 Å². The van der Waals surface area contributed by atoms with E-state index in [2.05, 4.69) is 10.5 Å². The summed E-state index contributed by atoms with van der Waals surface area (Å²) in [5, 5.41) is 25.5. The number of methoxy groups -OCH3 is 1. The van der Waals surface area contributed by atoms with Gasteiger partial charge in [-0.1, -0.05) is 6.07 Å². The molecule has 0 spiro atoms. The summed E-state index contributed by atoms with van der Waals surface area (Å²) in [4.78, 5) is 20.5. The SMILES string of the molecule is COc1ccc(C=NNc2cccc([N+](=O)[O-])c2)cc1[N+](=O)[O-]. The van der Waals surface area contributed by atoms with Crippen molar-refractivity contribution < 1.29 is 14.6 Å². The first-order chi connectivity index (χ1) is 11.0. The van der Waals surface area contributed by atoms with Gasteiger partial charge in [0.2, 0.25) is 0 Å². The van der Waals surface area contributed by atoms with Crippen LogP contribution in [0.2, 0.25) is 0 Å². The smallest absolute Gasteiger partial charge is 0.311 e. The largest absolute Gasteiger partial charge is 0.490 e. The van der Waals surface area contributed by atoms with Crippen molar-refractivity contribution in [2.75, 3.05) is 12.5 Å². The molecule has 0 amide bonds. The molecular formula is C14H12N4O5. The molecule has 0 aromatic heterocycles. The first-order valence-corrected chi connectivity index (χ1v) is 6.37. The number of anilines is 1. The second-order valence-electron chi connectivity index (χ2n) is 4.37. The van der Waals surface area contributed by atoms with E-state index in [9.17, 15) is 20.2 Å². The lowest BCUT2D eigenvalue weighted by Crippen LogP contribution is -1.96. The molecule has 0 radical (unpaired) electrons. The van der Waals surface area contributed by atoms with Crippen LogP contribution in [0.4, 0.5) is 17.1 Å². The van der Waals surface area contributed by atoms with Gasteiger partial charge in [-0.25, -0.2) is 0 Å². The summed E-state index contributed by atoms with van der Waals surface area (Å²) in [5.41, 5.74) is 3.30. The van der Waals surface area contributed by atoms with Crippen LogP contribution in [0.25, 0.3) is 0 Å². The van der Waals surface area contributed by atoms with Gasteiger partial charge in [0.1, 0.15) is 0 Å². The minimum Gasteiger partial charge on any atom is -0.490 e. The van der Waals surface area contributed by atoms with Crippen LogP contribution in [0.5, 0.6) is 5.75 Å². The molecule has 1 N–H and O–H groups in total. The van der Waals surface area contributed by atoms with Gasteiger partial charge in [0.25, 0.3) is 5.69 Å². The van der Waals surface area contributed by atoms with E-state index >= 15 is 0 Å². The maximum absolute atomic E-state index is 10.9. The lowest BCUT2D eigenvalue weighted by Gasteiger charge is -2.02. The molecule has 2 aromatic carbocycles. The first kappa shape index (κ1) is 15.9. The van der Waals surface area contributed by atoms with Gasteiger partial charge < -0.3 is 4.74 Å². The zero-order valence-electron chi connectivity index (χ0n) is 12.0. The Morgan fingerprint density at radius 1 is 1.13 bits per heavy atom. The molecular weight excluding hydrogens is 304 g/mol. The number of benzene rings is 2. The third-order valence-electron chi connectivity index (χ3n) is 2.86. The molecule has 0 saturated carbocycles. The number of hydrogen-bond acceptors (Lipinski definition) is 7. The summed E-state index contributed by atoms with van der Waals surface area (Å²) < 4.78 is 4.91. The van der Waals surface area contributed by atoms with Gasteiger partial charge in [-0.2, -0.15) is 5.10 Å². The van der Waals surface area contributed by atoms with Crippen LogP contribution >= 0.6 is 0 Å². The fourth-order valence-electron chi connectivity index (χ4n) is 1.80. The quantitative estimate of drug-likeness (QED) is 0.497. The van der Waals surface area contributed by atoms with Gasteiger partial charge in [-0.3, -0.25) is 25.7 Å². The molecule has 9 nitrogen and oxygen atoms in total. The van der Waals surface area contributed by atoms with E-state index in [0.29, 0.717) is 11.3 Å². The number of rotatable bonds is 6. The fourth-order valence-corrected chi connectivity index (χ4v) is 1.80. The second kappa shape index (κ2) is 6.98. The Kier molecular flexibility index (Phi) is 4.82. The normalized spacial score (nSPS) is 10.5. The minimum absolute atomic E-state index is 0.0646. The molecule has 23 heavy (non-hydrogen) atoms. The Labute approximate surface area is 130 Å². The number of hydrogen-bond donors (Lipinski definition) is 1. The van der Waals surface area contributed by atoms with Crippen LogP contribution in [-0.4, -0.2) is 23.2 Å².